The second-order valence-electron chi connectivity index (χ2n) is 2.82. The van der Waals surface area contributed by atoms with E-state index in [4.69, 9.17) is 27.8 Å². The standard InChI is InChI=1S/C9H5Cl2NO2S/c10-6-2-3-7(15(13)14)5-1-4-8(11)12-9(5)6/h1-4H,(H,13,14). The number of rotatable bonds is 1. The van der Waals surface area contributed by atoms with E-state index in [0.717, 1.165) is 0 Å². The van der Waals surface area contributed by atoms with Crippen LogP contribution in [-0.2, 0) is 11.1 Å². The Balaban J connectivity index is 2.88. The lowest BCUT2D eigenvalue weighted by Crippen LogP contribution is -1.92. The van der Waals surface area contributed by atoms with Crippen LogP contribution in [0.15, 0.2) is 29.2 Å². The van der Waals surface area contributed by atoms with E-state index < -0.39 is 11.1 Å². The first kappa shape index (κ1) is 10.8. The van der Waals surface area contributed by atoms with E-state index in [2.05, 4.69) is 4.98 Å². The molecule has 0 amide bonds. The smallest absolute Gasteiger partial charge is 0.187 e. The Hall–Kier alpha value is -0.680. The molecule has 6 heteroatoms. The molecule has 0 fully saturated rings. The van der Waals surface area contributed by atoms with Gasteiger partial charge in [0.2, 0.25) is 0 Å². The molecule has 1 atom stereocenters. The molecule has 0 saturated heterocycles. The molecule has 0 saturated carbocycles. The molecule has 3 nitrogen and oxygen atoms in total. The predicted molar refractivity (Wildman–Crippen MR) is 60.8 cm³/mol. The number of fused-ring (bicyclic) bond motifs is 1. The summed E-state index contributed by atoms with van der Waals surface area (Å²) in [5.41, 5.74) is 0.434. The minimum absolute atomic E-state index is 0.276. The maximum Gasteiger partial charge on any atom is 0.187 e. The van der Waals surface area contributed by atoms with Crippen LogP contribution in [0, 0.1) is 0 Å². The molecule has 0 spiro atoms. The Labute approximate surface area is 98.3 Å². The van der Waals surface area contributed by atoms with Crippen molar-refractivity contribution in [1.82, 2.24) is 4.98 Å². The van der Waals surface area contributed by atoms with E-state index in [0.29, 0.717) is 21.1 Å². The summed E-state index contributed by atoms with van der Waals surface area (Å²) >= 11 is 9.56. The van der Waals surface area contributed by atoms with Gasteiger partial charge >= 0.3 is 0 Å². The van der Waals surface area contributed by atoms with Crippen LogP contribution in [-0.4, -0.2) is 13.7 Å². The Morgan fingerprint density at radius 2 is 1.93 bits per heavy atom. The zero-order valence-electron chi connectivity index (χ0n) is 7.28. The van der Waals surface area contributed by atoms with Crippen molar-refractivity contribution in [2.24, 2.45) is 0 Å². The molecular weight excluding hydrogens is 257 g/mol. The molecule has 78 valence electrons. The molecule has 1 aromatic carbocycles. The van der Waals surface area contributed by atoms with E-state index >= 15 is 0 Å². The van der Waals surface area contributed by atoms with Crippen molar-refractivity contribution in [3.8, 4) is 0 Å². The molecule has 0 aliphatic rings. The summed E-state index contributed by atoms with van der Waals surface area (Å²) in [7, 11) is 0. The quantitative estimate of drug-likeness (QED) is 0.634. The van der Waals surface area contributed by atoms with Crippen LogP contribution < -0.4 is 0 Å². The molecule has 1 heterocycles. The van der Waals surface area contributed by atoms with Gasteiger partial charge in [-0.25, -0.2) is 9.19 Å². The first-order valence-electron chi connectivity index (χ1n) is 3.95. The van der Waals surface area contributed by atoms with Gasteiger partial charge in [0.15, 0.2) is 11.1 Å². The molecular formula is C9H5Cl2NO2S. The Morgan fingerprint density at radius 3 is 2.60 bits per heavy atom. The fourth-order valence-electron chi connectivity index (χ4n) is 1.29. The van der Waals surface area contributed by atoms with Crippen molar-refractivity contribution in [3.05, 3.63) is 34.4 Å². The van der Waals surface area contributed by atoms with Crippen molar-refractivity contribution in [1.29, 1.82) is 0 Å². The van der Waals surface area contributed by atoms with Gasteiger partial charge in [0.1, 0.15) is 5.15 Å². The third kappa shape index (κ3) is 1.99. The number of hydrogen-bond acceptors (Lipinski definition) is 2. The van der Waals surface area contributed by atoms with Gasteiger partial charge in [-0.1, -0.05) is 23.2 Å². The molecule has 0 aliphatic heterocycles. The van der Waals surface area contributed by atoms with Gasteiger partial charge in [0, 0.05) is 5.39 Å². The van der Waals surface area contributed by atoms with Crippen LogP contribution >= 0.6 is 23.2 Å². The highest BCUT2D eigenvalue weighted by Gasteiger charge is 2.10. The normalized spacial score (nSPS) is 13.0. The van der Waals surface area contributed by atoms with Crippen LogP contribution in [0.4, 0.5) is 0 Å². The van der Waals surface area contributed by atoms with Crippen molar-refractivity contribution < 1.29 is 8.76 Å². The second-order valence-corrected chi connectivity index (χ2v) is 4.56. The SMILES string of the molecule is O=S(O)c1ccc(Cl)c2nc(Cl)ccc12. The molecule has 1 N–H and O–H groups in total. The lowest BCUT2D eigenvalue weighted by atomic mass is 10.2. The van der Waals surface area contributed by atoms with Crippen LogP contribution in [0.1, 0.15) is 0 Å². The summed E-state index contributed by atoms with van der Waals surface area (Å²) in [6, 6.07) is 6.20. The maximum absolute atomic E-state index is 11.0. The van der Waals surface area contributed by atoms with E-state index in [1.807, 2.05) is 0 Å². The number of halogens is 2. The Bertz CT molecular complexity index is 559. The highest BCUT2D eigenvalue weighted by Crippen LogP contribution is 2.27. The highest BCUT2D eigenvalue weighted by atomic mass is 35.5. The minimum atomic E-state index is -2.06. The number of pyridine rings is 1. The van der Waals surface area contributed by atoms with Gasteiger partial charge in [0.25, 0.3) is 0 Å². The van der Waals surface area contributed by atoms with Crippen molar-refractivity contribution >= 4 is 45.2 Å². The molecule has 1 aromatic heterocycles. The zero-order valence-corrected chi connectivity index (χ0v) is 9.60. The minimum Gasteiger partial charge on any atom is -0.302 e. The van der Waals surface area contributed by atoms with E-state index in [1.165, 1.54) is 12.1 Å². The van der Waals surface area contributed by atoms with Gasteiger partial charge in [-0.05, 0) is 24.3 Å². The number of aromatic nitrogens is 1. The predicted octanol–water partition coefficient (Wildman–Crippen LogP) is 3.12. The first-order chi connectivity index (χ1) is 7.09. The number of benzene rings is 1. The van der Waals surface area contributed by atoms with Gasteiger partial charge in [-0.15, -0.1) is 0 Å². The third-order valence-electron chi connectivity index (χ3n) is 1.92. The van der Waals surface area contributed by atoms with E-state index in [1.54, 1.807) is 12.1 Å². The van der Waals surface area contributed by atoms with Crippen molar-refractivity contribution in [3.63, 3.8) is 0 Å². The largest absolute Gasteiger partial charge is 0.302 e. The number of hydrogen-bond donors (Lipinski definition) is 1. The van der Waals surface area contributed by atoms with Crippen LogP contribution in [0.5, 0.6) is 0 Å². The Morgan fingerprint density at radius 1 is 1.20 bits per heavy atom. The summed E-state index contributed by atoms with van der Waals surface area (Å²) in [6.07, 6.45) is 0. The molecule has 1 unspecified atom stereocenters. The number of nitrogens with zero attached hydrogens (tertiary/aromatic N) is 1. The molecule has 2 aromatic rings. The molecule has 0 radical (unpaired) electrons. The van der Waals surface area contributed by atoms with Crippen LogP contribution in [0.2, 0.25) is 10.2 Å². The molecule has 15 heavy (non-hydrogen) atoms. The molecule has 2 rings (SSSR count). The average Bonchev–Trinajstić information content (AvgIpc) is 2.19. The average molecular weight is 262 g/mol. The maximum atomic E-state index is 11.0. The van der Waals surface area contributed by atoms with Gasteiger partial charge in [-0.2, -0.15) is 0 Å². The first-order valence-corrected chi connectivity index (χ1v) is 5.81. The summed E-state index contributed by atoms with van der Waals surface area (Å²) in [5, 5.41) is 1.24. The van der Waals surface area contributed by atoms with Crippen molar-refractivity contribution in [2.45, 2.75) is 4.90 Å². The van der Waals surface area contributed by atoms with Crippen molar-refractivity contribution in [2.75, 3.05) is 0 Å². The highest BCUT2D eigenvalue weighted by molar-refractivity contribution is 7.79. The fraction of sp³-hybridized carbons (Fsp3) is 0. The summed E-state index contributed by atoms with van der Waals surface area (Å²) in [5.74, 6) is 0. The molecule has 0 aliphatic carbocycles. The topological polar surface area (TPSA) is 50.2 Å². The summed E-state index contributed by atoms with van der Waals surface area (Å²) in [4.78, 5) is 4.28. The lowest BCUT2D eigenvalue weighted by Gasteiger charge is -2.04. The third-order valence-corrected chi connectivity index (χ3v) is 3.17. The van der Waals surface area contributed by atoms with Crippen LogP contribution in [0.3, 0.4) is 0 Å². The Kier molecular flexibility index (Phi) is 2.93. The summed E-state index contributed by atoms with van der Waals surface area (Å²) in [6.45, 7) is 0. The molecule has 0 bridgehead atoms. The van der Waals surface area contributed by atoms with Gasteiger partial charge < -0.3 is 4.55 Å². The van der Waals surface area contributed by atoms with Gasteiger partial charge in [-0.3, -0.25) is 0 Å². The van der Waals surface area contributed by atoms with E-state index in [9.17, 15) is 4.21 Å². The zero-order chi connectivity index (χ0) is 11.0. The lowest BCUT2D eigenvalue weighted by molar-refractivity contribution is 0.565. The van der Waals surface area contributed by atoms with Gasteiger partial charge in [0.05, 0.1) is 15.4 Å². The summed E-state index contributed by atoms with van der Waals surface area (Å²) < 4.78 is 20.1. The fourth-order valence-corrected chi connectivity index (χ4v) is 2.18. The monoisotopic (exact) mass is 261 g/mol. The van der Waals surface area contributed by atoms with E-state index in [-0.39, 0.29) is 4.90 Å². The second kappa shape index (κ2) is 4.06. The van der Waals surface area contributed by atoms with Crippen LogP contribution in [0.25, 0.3) is 10.9 Å².